The van der Waals surface area contributed by atoms with Crippen molar-refractivity contribution in [3.63, 3.8) is 0 Å². The Morgan fingerprint density at radius 1 is 0.857 bits per heavy atom. The summed E-state index contributed by atoms with van der Waals surface area (Å²) >= 11 is 0. The fourth-order valence-corrected chi connectivity index (χ4v) is 2.33. The first-order valence-corrected chi connectivity index (χ1v) is 7.03. The second-order valence-corrected chi connectivity index (χ2v) is 4.86. The third kappa shape index (κ3) is 3.01. The number of hydrogen-bond donors (Lipinski definition) is 1. The molecule has 0 aliphatic carbocycles. The van der Waals surface area contributed by atoms with Gasteiger partial charge in [-0.2, -0.15) is 0 Å². The van der Waals surface area contributed by atoms with Crippen LogP contribution in [-0.2, 0) is 6.54 Å². The molecule has 0 amide bonds. The van der Waals surface area contributed by atoms with E-state index in [0.717, 1.165) is 11.3 Å². The van der Waals surface area contributed by atoms with E-state index in [9.17, 15) is 0 Å². The Balaban J connectivity index is 1.86. The first-order chi connectivity index (χ1) is 10.4. The van der Waals surface area contributed by atoms with Gasteiger partial charge in [-0.1, -0.05) is 59.8 Å². The number of aliphatic hydroxyl groups is 1. The molecule has 4 nitrogen and oxygen atoms in total. The zero-order chi connectivity index (χ0) is 14.5. The van der Waals surface area contributed by atoms with Gasteiger partial charge in [-0.25, -0.2) is 4.68 Å². The first kappa shape index (κ1) is 13.5. The number of aliphatic hydroxyl groups excluding tert-OH is 1. The molecule has 0 bridgehead atoms. The molecule has 0 saturated heterocycles. The van der Waals surface area contributed by atoms with Gasteiger partial charge in [0.2, 0.25) is 0 Å². The Morgan fingerprint density at radius 3 is 2.24 bits per heavy atom. The molecule has 3 rings (SSSR count). The summed E-state index contributed by atoms with van der Waals surface area (Å²) in [7, 11) is 0. The summed E-state index contributed by atoms with van der Waals surface area (Å²) < 4.78 is 1.83. The predicted molar refractivity (Wildman–Crippen MR) is 82.6 cm³/mol. The van der Waals surface area contributed by atoms with E-state index in [0.29, 0.717) is 13.0 Å². The molecule has 3 aromatic rings. The lowest BCUT2D eigenvalue weighted by Crippen LogP contribution is -2.04. The van der Waals surface area contributed by atoms with Crippen molar-refractivity contribution < 1.29 is 5.11 Å². The topological polar surface area (TPSA) is 50.9 Å². The van der Waals surface area contributed by atoms with Gasteiger partial charge >= 0.3 is 0 Å². The van der Waals surface area contributed by atoms with Gasteiger partial charge in [0, 0.05) is 18.7 Å². The highest BCUT2D eigenvalue weighted by Crippen LogP contribution is 2.24. The molecule has 0 saturated carbocycles. The van der Waals surface area contributed by atoms with Crippen LogP contribution in [0.3, 0.4) is 0 Å². The number of aromatic nitrogens is 3. The summed E-state index contributed by atoms with van der Waals surface area (Å²) in [6, 6.07) is 18.7. The van der Waals surface area contributed by atoms with Crippen LogP contribution in [0.5, 0.6) is 0 Å². The monoisotopic (exact) mass is 279 g/mol. The van der Waals surface area contributed by atoms with Gasteiger partial charge in [0.1, 0.15) is 0 Å². The summed E-state index contributed by atoms with van der Waals surface area (Å²) in [6.07, 6.45) is 2.44. The molecule has 21 heavy (non-hydrogen) atoms. The molecular formula is C17H17N3O. The third-order valence-corrected chi connectivity index (χ3v) is 3.43. The van der Waals surface area contributed by atoms with Crippen molar-refractivity contribution in [2.24, 2.45) is 0 Å². The molecule has 0 aliphatic heterocycles. The summed E-state index contributed by atoms with van der Waals surface area (Å²) in [5.41, 5.74) is 4.45. The number of nitrogens with zero attached hydrogens (tertiary/aromatic N) is 3. The maximum Gasteiger partial charge on any atom is 0.0885 e. The summed E-state index contributed by atoms with van der Waals surface area (Å²) in [5.74, 6) is 0. The number of hydrogen-bond acceptors (Lipinski definition) is 3. The lowest BCUT2D eigenvalue weighted by molar-refractivity contribution is 0.276. The largest absolute Gasteiger partial charge is 0.396 e. The quantitative estimate of drug-likeness (QED) is 0.781. The smallest absolute Gasteiger partial charge is 0.0885 e. The molecule has 106 valence electrons. The van der Waals surface area contributed by atoms with Gasteiger partial charge < -0.3 is 5.11 Å². The molecule has 0 atom stereocenters. The molecule has 0 aliphatic rings. The van der Waals surface area contributed by atoms with Crippen LogP contribution < -0.4 is 0 Å². The first-order valence-electron chi connectivity index (χ1n) is 7.03. The lowest BCUT2D eigenvalue weighted by Gasteiger charge is -2.07. The van der Waals surface area contributed by atoms with E-state index in [4.69, 9.17) is 5.11 Å². The van der Waals surface area contributed by atoms with Crippen LogP contribution in [0, 0.1) is 0 Å². The van der Waals surface area contributed by atoms with Gasteiger partial charge in [-0.05, 0) is 17.5 Å². The van der Waals surface area contributed by atoms with Crippen LogP contribution in [0.2, 0.25) is 0 Å². The average Bonchev–Trinajstić information content (AvgIpc) is 3.02. The number of benzene rings is 2. The van der Waals surface area contributed by atoms with Crippen LogP contribution >= 0.6 is 0 Å². The van der Waals surface area contributed by atoms with Crippen molar-refractivity contribution in [1.29, 1.82) is 0 Å². The Bertz CT molecular complexity index is 690. The fraction of sp³-hybridized carbons (Fsp3) is 0.176. The van der Waals surface area contributed by atoms with E-state index < -0.39 is 0 Å². The van der Waals surface area contributed by atoms with Crippen molar-refractivity contribution in [3.8, 4) is 22.4 Å². The molecule has 0 spiro atoms. The standard InChI is InChI=1S/C17H17N3O/c21-12-4-11-20-17(13-18-19-20)16-9-7-15(8-10-16)14-5-2-1-3-6-14/h1-3,5-10,13,21H,4,11-12H2. The highest BCUT2D eigenvalue weighted by atomic mass is 16.3. The zero-order valence-electron chi connectivity index (χ0n) is 11.7. The van der Waals surface area contributed by atoms with Crippen LogP contribution in [0.15, 0.2) is 60.8 Å². The maximum atomic E-state index is 8.93. The zero-order valence-corrected chi connectivity index (χ0v) is 11.7. The Labute approximate surface area is 123 Å². The second-order valence-electron chi connectivity index (χ2n) is 4.86. The minimum absolute atomic E-state index is 0.159. The van der Waals surface area contributed by atoms with Gasteiger partial charge in [0.15, 0.2) is 0 Å². The van der Waals surface area contributed by atoms with Crippen LogP contribution in [0.4, 0.5) is 0 Å². The van der Waals surface area contributed by atoms with E-state index >= 15 is 0 Å². The highest BCUT2D eigenvalue weighted by molar-refractivity contribution is 5.68. The van der Waals surface area contributed by atoms with Crippen molar-refractivity contribution in [2.45, 2.75) is 13.0 Å². The van der Waals surface area contributed by atoms with Crippen molar-refractivity contribution in [3.05, 3.63) is 60.8 Å². The van der Waals surface area contributed by atoms with Gasteiger partial charge in [-0.15, -0.1) is 5.10 Å². The molecular weight excluding hydrogens is 262 g/mol. The molecule has 2 aromatic carbocycles. The molecule has 0 radical (unpaired) electrons. The molecule has 1 N–H and O–H groups in total. The van der Waals surface area contributed by atoms with Gasteiger partial charge in [0.25, 0.3) is 0 Å². The number of aryl methyl sites for hydroxylation is 1. The van der Waals surface area contributed by atoms with E-state index in [1.54, 1.807) is 6.20 Å². The van der Waals surface area contributed by atoms with E-state index in [-0.39, 0.29) is 6.61 Å². The SMILES string of the molecule is OCCCn1nncc1-c1ccc(-c2ccccc2)cc1. The Kier molecular flexibility index (Phi) is 4.07. The predicted octanol–water partition coefficient (Wildman–Crippen LogP) is 2.99. The minimum Gasteiger partial charge on any atom is -0.396 e. The summed E-state index contributed by atoms with van der Waals surface area (Å²) in [6.45, 7) is 0.832. The van der Waals surface area contributed by atoms with Crippen molar-refractivity contribution in [2.75, 3.05) is 6.61 Å². The summed E-state index contributed by atoms with van der Waals surface area (Å²) in [5, 5.41) is 17.0. The molecule has 1 heterocycles. The van der Waals surface area contributed by atoms with Gasteiger partial charge in [-0.3, -0.25) is 0 Å². The van der Waals surface area contributed by atoms with Crippen molar-refractivity contribution >= 4 is 0 Å². The Morgan fingerprint density at radius 2 is 1.52 bits per heavy atom. The van der Waals surface area contributed by atoms with E-state index in [2.05, 4.69) is 46.7 Å². The number of rotatable bonds is 5. The Hall–Kier alpha value is -2.46. The lowest BCUT2D eigenvalue weighted by atomic mass is 10.0. The normalized spacial score (nSPS) is 10.7. The molecule has 4 heteroatoms. The van der Waals surface area contributed by atoms with Crippen molar-refractivity contribution in [1.82, 2.24) is 15.0 Å². The van der Waals surface area contributed by atoms with Crippen LogP contribution in [-0.4, -0.2) is 26.7 Å². The molecule has 0 unspecified atom stereocenters. The summed E-state index contributed by atoms with van der Waals surface area (Å²) in [4.78, 5) is 0. The average molecular weight is 279 g/mol. The molecule has 1 aromatic heterocycles. The third-order valence-electron chi connectivity index (χ3n) is 3.43. The fourth-order valence-electron chi connectivity index (χ4n) is 2.33. The van der Waals surface area contributed by atoms with Crippen LogP contribution in [0.1, 0.15) is 6.42 Å². The van der Waals surface area contributed by atoms with Gasteiger partial charge in [0.05, 0.1) is 11.9 Å². The highest BCUT2D eigenvalue weighted by Gasteiger charge is 2.06. The second kappa shape index (κ2) is 6.33. The van der Waals surface area contributed by atoms with E-state index in [1.165, 1.54) is 11.1 Å². The van der Waals surface area contributed by atoms with Crippen LogP contribution in [0.25, 0.3) is 22.4 Å². The minimum atomic E-state index is 0.159. The molecule has 0 fully saturated rings. The maximum absolute atomic E-state index is 8.93. The van der Waals surface area contributed by atoms with E-state index in [1.807, 2.05) is 22.9 Å².